The van der Waals surface area contributed by atoms with Crippen LogP contribution in [-0.4, -0.2) is 9.97 Å². The molecule has 0 spiro atoms. The van der Waals surface area contributed by atoms with Gasteiger partial charge in [0.2, 0.25) is 0 Å². The highest BCUT2D eigenvalue weighted by molar-refractivity contribution is 6.30. The van der Waals surface area contributed by atoms with Gasteiger partial charge in [-0.25, -0.2) is 9.97 Å². The zero-order chi connectivity index (χ0) is 10.7. The summed E-state index contributed by atoms with van der Waals surface area (Å²) >= 11 is 5.93. The number of benzene rings is 1. The van der Waals surface area contributed by atoms with Gasteiger partial charge in [-0.15, -0.1) is 0 Å². The summed E-state index contributed by atoms with van der Waals surface area (Å²) in [5.74, 6) is 0. The Labute approximate surface area is 94.0 Å². The minimum Gasteiger partial charge on any atom is -0.241 e. The van der Waals surface area contributed by atoms with Crippen LogP contribution in [0, 0.1) is 0 Å². The molecule has 2 rings (SSSR count). The van der Waals surface area contributed by atoms with Crippen LogP contribution in [-0.2, 0) is 6.42 Å². The highest BCUT2D eigenvalue weighted by atomic mass is 35.5. The van der Waals surface area contributed by atoms with Gasteiger partial charge in [0.15, 0.2) is 0 Å². The lowest BCUT2D eigenvalue weighted by Crippen LogP contribution is -1.90. The van der Waals surface area contributed by atoms with Gasteiger partial charge in [0, 0.05) is 16.3 Å². The molecule has 1 aromatic heterocycles. The van der Waals surface area contributed by atoms with E-state index >= 15 is 0 Å². The first-order valence-electron chi connectivity index (χ1n) is 4.86. The number of hydrogen-bond acceptors (Lipinski definition) is 2. The fourth-order valence-corrected chi connectivity index (χ4v) is 1.59. The predicted octanol–water partition coefficient (Wildman–Crippen LogP) is 3.36. The highest BCUT2D eigenvalue weighted by Crippen LogP contribution is 2.20. The Bertz CT molecular complexity index is 469. The SMILES string of the molecule is CCc1cc(-c2cccc(Cl)c2)ncn1. The van der Waals surface area contributed by atoms with Crippen LogP contribution in [0.1, 0.15) is 12.6 Å². The second-order valence-electron chi connectivity index (χ2n) is 3.26. The standard InChI is InChI=1S/C12H11ClN2/c1-2-11-7-12(15-8-14-11)9-4-3-5-10(13)6-9/h3-8H,2H2,1H3. The molecule has 76 valence electrons. The van der Waals surface area contributed by atoms with Gasteiger partial charge in [0.1, 0.15) is 6.33 Å². The smallest absolute Gasteiger partial charge is 0.116 e. The molecule has 0 atom stereocenters. The molecular formula is C12H11ClN2. The summed E-state index contributed by atoms with van der Waals surface area (Å²) in [6, 6.07) is 9.67. The van der Waals surface area contributed by atoms with Gasteiger partial charge in [0.05, 0.1) is 5.69 Å². The van der Waals surface area contributed by atoms with E-state index in [1.165, 1.54) is 0 Å². The van der Waals surface area contributed by atoms with Crippen molar-refractivity contribution in [2.75, 3.05) is 0 Å². The van der Waals surface area contributed by atoms with E-state index in [0.29, 0.717) is 0 Å². The molecule has 0 amide bonds. The molecule has 2 nitrogen and oxygen atoms in total. The van der Waals surface area contributed by atoms with Crippen molar-refractivity contribution in [2.24, 2.45) is 0 Å². The Kier molecular flexibility index (Phi) is 2.97. The van der Waals surface area contributed by atoms with E-state index in [0.717, 1.165) is 28.4 Å². The summed E-state index contributed by atoms with van der Waals surface area (Å²) in [7, 11) is 0. The van der Waals surface area contributed by atoms with Gasteiger partial charge in [-0.2, -0.15) is 0 Å². The van der Waals surface area contributed by atoms with E-state index in [2.05, 4.69) is 16.9 Å². The molecule has 0 saturated heterocycles. The van der Waals surface area contributed by atoms with E-state index in [-0.39, 0.29) is 0 Å². The quantitative estimate of drug-likeness (QED) is 0.773. The van der Waals surface area contributed by atoms with Crippen LogP contribution in [0.5, 0.6) is 0 Å². The summed E-state index contributed by atoms with van der Waals surface area (Å²) in [6.45, 7) is 2.07. The summed E-state index contributed by atoms with van der Waals surface area (Å²) in [4.78, 5) is 8.39. The molecule has 1 heterocycles. The second-order valence-corrected chi connectivity index (χ2v) is 3.69. The van der Waals surface area contributed by atoms with Crippen molar-refractivity contribution < 1.29 is 0 Å². The average molecular weight is 219 g/mol. The van der Waals surface area contributed by atoms with Gasteiger partial charge in [-0.05, 0) is 24.6 Å². The summed E-state index contributed by atoms with van der Waals surface area (Å²) in [5, 5.41) is 0.726. The molecule has 2 aromatic rings. The molecule has 3 heteroatoms. The van der Waals surface area contributed by atoms with Crippen molar-refractivity contribution in [1.29, 1.82) is 0 Å². The Hall–Kier alpha value is -1.41. The summed E-state index contributed by atoms with van der Waals surface area (Å²) < 4.78 is 0. The van der Waals surface area contributed by atoms with E-state index in [4.69, 9.17) is 11.6 Å². The lowest BCUT2D eigenvalue weighted by atomic mass is 10.1. The van der Waals surface area contributed by atoms with E-state index in [1.54, 1.807) is 6.33 Å². The molecular weight excluding hydrogens is 208 g/mol. The molecule has 15 heavy (non-hydrogen) atoms. The molecule has 0 aliphatic carbocycles. The third-order valence-corrected chi connectivity index (χ3v) is 2.44. The number of hydrogen-bond donors (Lipinski definition) is 0. The largest absolute Gasteiger partial charge is 0.241 e. The van der Waals surface area contributed by atoms with Gasteiger partial charge >= 0.3 is 0 Å². The number of halogens is 1. The Morgan fingerprint density at radius 1 is 1.20 bits per heavy atom. The number of aryl methyl sites for hydroxylation is 1. The number of aromatic nitrogens is 2. The minimum absolute atomic E-state index is 0.726. The molecule has 0 aliphatic rings. The zero-order valence-electron chi connectivity index (χ0n) is 8.44. The average Bonchev–Trinajstić information content (AvgIpc) is 2.29. The van der Waals surface area contributed by atoms with Crippen LogP contribution in [0.2, 0.25) is 5.02 Å². The van der Waals surface area contributed by atoms with E-state index in [1.807, 2.05) is 30.3 Å². The van der Waals surface area contributed by atoms with Gasteiger partial charge in [-0.3, -0.25) is 0 Å². The van der Waals surface area contributed by atoms with Crippen molar-refractivity contribution in [2.45, 2.75) is 13.3 Å². The van der Waals surface area contributed by atoms with Crippen molar-refractivity contribution >= 4 is 11.6 Å². The number of rotatable bonds is 2. The first-order valence-corrected chi connectivity index (χ1v) is 5.24. The molecule has 0 aliphatic heterocycles. The fraction of sp³-hybridized carbons (Fsp3) is 0.167. The monoisotopic (exact) mass is 218 g/mol. The Balaban J connectivity index is 2.44. The van der Waals surface area contributed by atoms with Crippen LogP contribution >= 0.6 is 11.6 Å². The van der Waals surface area contributed by atoms with E-state index in [9.17, 15) is 0 Å². The van der Waals surface area contributed by atoms with Gasteiger partial charge < -0.3 is 0 Å². The van der Waals surface area contributed by atoms with Gasteiger partial charge in [-0.1, -0.05) is 30.7 Å². The molecule has 0 saturated carbocycles. The number of nitrogens with zero attached hydrogens (tertiary/aromatic N) is 2. The van der Waals surface area contributed by atoms with Crippen molar-refractivity contribution in [3.8, 4) is 11.3 Å². The zero-order valence-corrected chi connectivity index (χ0v) is 9.20. The summed E-state index contributed by atoms with van der Waals surface area (Å²) in [5.41, 5.74) is 2.99. The first-order chi connectivity index (χ1) is 7.29. The van der Waals surface area contributed by atoms with Crippen LogP contribution in [0.25, 0.3) is 11.3 Å². The molecule has 0 bridgehead atoms. The third-order valence-electron chi connectivity index (χ3n) is 2.21. The molecule has 0 N–H and O–H groups in total. The molecule has 0 radical (unpaired) electrons. The predicted molar refractivity (Wildman–Crippen MR) is 61.9 cm³/mol. The topological polar surface area (TPSA) is 25.8 Å². The van der Waals surface area contributed by atoms with Crippen LogP contribution in [0.4, 0.5) is 0 Å². The first kappa shape index (κ1) is 10.1. The van der Waals surface area contributed by atoms with Crippen LogP contribution in [0.3, 0.4) is 0 Å². The maximum Gasteiger partial charge on any atom is 0.116 e. The van der Waals surface area contributed by atoms with E-state index < -0.39 is 0 Å². The van der Waals surface area contributed by atoms with Crippen LogP contribution in [0.15, 0.2) is 36.7 Å². The molecule has 0 fully saturated rings. The molecule has 0 unspecified atom stereocenters. The van der Waals surface area contributed by atoms with Crippen molar-refractivity contribution in [3.63, 3.8) is 0 Å². The van der Waals surface area contributed by atoms with Gasteiger partial charge in [0.25, 0.3) is 0 Å². The molecule has 1 aromatic carbocycles. The van der Waals surface area contributed by atoms with Crippen molar-refractivity contribution in [1.82, 2.24) is 9.97 Å². The maximum absolute atomic E-state index is 5.93. The Morgan fingerprint density at radius 3 is 2.80 bits per heavy atom. The van der Waals surface area contributed by atoms with Crippen molar-refractivity contribution in [3.05, 3.63) is 47.4 Å². The normalized spacial score (nSPS) is 10.3. The van der Waals surface area contributed by atoms with Crippen LogP contribution < -0.4 is 0 Å². The third kappa shape index (κ3) is 2.34. The second kappa shape index (κ2) is 4.41. The summed E-state index contributed by atoms with van der Waals surface area (Å²) in [6.07, 6.45) is 2.51. The lowest BCUT2D eigenvalue weighted by Gasteiger charge is -2.02. The fourth-order valence-electron chi connectivity index (χ4n) is 1.40. The minimum atomic E-state index is 0.726. The maximum atomic E-state index is 5.93. The highest BCUT2D eigenvalue weighted by Gasteiger charge is 2.01. The Morgan fingerprint density at radius 2 is 2.07 bits per heavy atom. The lowest BCUT2D eigenvalue weighted by molar-refractivity contribution is 1.00.